The number of carbonyl (C=O) groups is 2. The van der Waals surface area contributed by atoms with Gasteiger partial charge < -0.3 is 5.32 Å². The Kier molecular flexibility index (Phi) is 6.62. The van der Waals surface area contributed by atoms with E-state index in [1.807, 2.05) is 19.1 Å². The molecule has 7 nitrogen and oxygen atoms in total. The zero-order valence-electron chi connectivity index (χ0n) is 17.7. The van der Waals surface area contributed by atoms with E-state index in [0.717, 1.165) is 21.6 Å². The number of amides is 2. The summed E-state index contributed by atoms with van der Waals surface area (Å²) in [5.74, 6) is -1.08. The molecule has 0 unspecified atom stereocenters. The number of rotatable bonds is 6. The van der Waals surface area contributed by atoms with Crippen LogP contribution in [0, 0.1) is 6.92 Å². The molecule has 3 aromatic carbocycles. The van der Waals surface area contributed by atoms with Crippen LogP contribution in [-0.4, -0.2) is 35.0 Å². The van der Waals surface area contributed by atoms with Crippen LogP contribution in [-0.2, 0) is 19.6 Å². The van der Waals surface area contributed by atoms with Crippen LogP contribution in [0.3, 0.4) is 0 Å². The molecule has 168 valence electrons. The molecule has 9 heteroatoms. The van der Waals surface area contributed by atoms with Crippen LogP contribution < -0.4 is 5.32 Å². The van der Waals surface area contributed by atoms with Crippen LogP contribution in [0.2, 0.25) is 0 Å². The standard InChI is InChI=1S/C24H21N3O4S2/c1-17-12-14-20(15-13-17)33(30,31)27-23(29)21(16-22(28)25-18-8-4-2-5-9-18)32-24(27)26-19-10-6-3-7-11-19/h2-15,21H,16H2,1H3,(H,25,28)/t21-/m1/s1. The Bertz CT molecular complexity index is 1290. The number of carbonyl (C=O) groups excluding carboxylic acids is 2. The van der Waals surface area contributed by atoms with Gasteiger partial charge >= 0.3 is 0 Å². The van der Waals surface area contributed by atoms with Crippen molar-refractivity contribution in [2.24, 2.45) is 4.99 Å². The fourth-order valence-corrected chi connectivity index (χ4v) is 6.03. The van der Waals surface area contributed by atoms with Gasteiger partial charge in [0.25, 0.3) is 15.9 Å². The summed E-state index contributed by atoms with van der Waals surface area (Å²) < 4.78 is 27.5. The number of anilines is 1. The van der Waals surface area contributed by atoms with E-state index in [9.17, 15) is 18.0 Å². The molecule has 1 N–H and O–H groups in total. The Morgan fingerprint density at radius 1 is 0.970 bits per heavy atom. The third-order valence-electron chi connectivity index (χ3n) is 4.87. The first-order chi connectivity index (χ1) is 15.8. The number of nitrogens with zero attached hydrogens (tertiary/aromatic N) is 2. The van der Waals surface area contributed by atoms with Crippen molar-refractivity contribution < 1.29 is 18.0 Å². The molecule has 1 aliphatic heterocycles. The van der Waals surface area contributed by atoms with Gasteiger partial charge in [-0.05, 0) is 43.3 Å². The van der Waals surface area contributed by atoms with Gasteiger partial charge in [-0.15, -0.1) is 0 Å². The predicted molar refractivity (Wildman–Crippen MR) is 130 cm³/mol. The normalized spacial score (nSPS) is 17.4. The number of aryl methyl sites for hydroxylation is 1. The van der Waals surface area contributed by atoms with Gasteiger partial charge in [0, 0.05) is 12.1 Å². The summed E-state index contributed by atoms with van der Waals surface area (Å²) in [6.07, 6.45) is -0.188. The minimum absolute atomic E-state index is 0.0165. The molecule has 1 atom stereocenters. The van der Waals surface area contributed by atoms with Gasteiger partial charge in [0.15, 0.2) is 5.17 Å². The van der Waals surface area contributed by atoms with Crippen molar-refractivity contribution >= 4 is 50.1 Å². The van der Waals surface area contributed by atoms with Gasteiger partial charge in [-0.2, -0.15) is 4.31 Å². The van der Waals surface area contributed by atoms with Crippen molar-refractivity contribution in [1.82, 2.24) is 4.31 Å². The monoisotopic (exact) mass is 479 g/mol. The molecule has 0 spiro atoms. The summed E-state index contributed by atoms with van der Waals surface area (Å²) >= 11 is 0.972. The summed E-state index contributed by atoms with van der Waals surface area (Å²) in [7, 11) is -4.20. The molecule has 33 heavy (non-hydrogen) atoms. The maximum atomic E-state index is 13.4. The molecule has 1 fully saturated rings. The van der Waals surface area contributed by atoms with Gasteiger partial charge in [-0.25, -0.2) is 13.4 Å². The lowest BCUT2D eigenvalue weighted by Gasteiger charge is -2.17. The lowest BCUT2D eigenvalue weighted by Crippen LogP contribution is -2.38. The molecule has 2 amide bonds. The third kappa shape index (κ3) is 5.15. The van der Waals surface area contributed by atoms with Gasteiger partial charge in [0.1, 0.15) is 5.25 Å². The minimum atomic E-state index is -4.20. The fraction of sp³-hybridized carbons (Fsp3) is 0.125. The van der Waals surface area contributed by atoms with Crippen molar-refractivity contribution in [1.29, 1.82) is 0 Å². The molecule has 1 saturated heterocycles. The summed E-state index contributed by atoms with van der Waals surface area (Å²) in [5, 5.41) is 1.83. The molecule has 0 aliphatic carbocycles. The predicted octanol–water partition coefficient (Wildman–Crippen LogP) is 4.34. The van der Waals surface area contributed by atoms with Crippen molar-refractivity contribution in [2.45, 2.75) is 23.5 Å². The van der Waals surface area contributed by atoms with E-state index < -0.39 is 21.2 Å². The van der Waals surface area contributed by atoms with Crippen molar-refractivity contribution in [2.75, 3.05) is 5.32 Å². The lowest BCUT2D eigenvalue weighted by atomic mass is 10.2. The smallest absolute Gasteiger partial charge is 0.272 e. The number of benzene rings is 3. The third-order valence-corrected chi connectivity index (χ3v) is 7.82. The summed E-state index contributed by atoms with van der Waals surface area (Å²) in [6.45, 7) is 1.84. The summed E-state index contributed by atoms with van der Waals surface area (Å²) in [6, 6.07) is 23.9. The van der Waals surface area contributed by atoms with Gasteiger partial charge in [-0.1, -0.05) is 65.9 Å². The van der Waals surface area contributed by atoms with Gasteiger partial charge in [0.05, 0.1) is 10.6 Å². The highest BCUT2D eigenvalue weighted by Crippen LogP contribution is 2.35. The zero-order valence-corrected chi connectivity index (χ0v) is 19.3. The zero-order chi connectivity index (χ0) is 23.4. The first-order valence-corrected chi connectivity index (χ1v) is 12.5. The Labute approximate surface area is 196 Å². The quantitative estimate of drug-likeness (QED) is 0.567. The maximum Gasteiger partial charge on any atom is 0.272 e. The van der Waals surface area contributed by atoms with Gasteiger partial charge in [-0.3, -0.25) is 9.59 Å². The lowest BCUT2D eigenvalue weighted by molar-refractivity contribution is -0.125. The number of hydrogen-bond acceptors (Lipinski definition) is 6. The van der Waals surface area contributed by atoms with Crippen molar-refractivity contribution in [3.63, 3.8) is 0 Å². The van der Waals surface area contributed by atoms with Gasteiger partial charge in [0.2, 0.25) is 5.91 Å². The first kappa shape index (κ1) is 22.8. The second-order valence-electron chi connectivity index (χ2n) is 7.38. The fourth-order valence-electron chi connectivity index (χ4n) is 3.20. The molecule has 0 radical (unpaired) electrons. The molecule has 1 aliphatic rings. The maximum absolute atomic E-state index is 13.4. The Hall–Kier alpha value is -3.43. The van der Waals surface area contributed by atoms with E-state index in [-0.39, 0.29) is 22.4 Å². The number of sulfonamides is 1. The van der Waals surface area contributed by atoms with E-state index in [4.69, 9.17) is 0 Å². The van der Waals surface area contributed by atoms with E-state index in [0.29, 0.717) is 11.4 Å². The van der Waals surface area contributed by atoms with Crippen LogP contribution in [0.15, 0.2) is 94.8 Å². The van der Waals surface area contributed by atoms with E-state index in [1.165, 1.54) is 12.1 Å². The highest BCUT2D eigenvalue weighted by molar-refractivity contribution is 8.17. The average Bonchev–Trinajstić information content (AvgIpc) is 3.10. The molecule has 4 rings (SSSR count). The Morgan fingerprint density at radius 2 is 1.58 bits per heavy atom. The SMILES string of the molecule is Cc1ccc(S(=O)(=O)N2C(=O)[C@@H](CC(=O)Nc3ccccc3)SC2=Nc2ccccc2)cc1. The molecule has 3 aromatic rings. The van der Waals surface area contributed by atoms with Crippen LogP contribution in [0.5, 0.6) is 0 Å². The van der Waals surface area contributed by atoms with Crippen molar-refractivity contribution in [3.05, 3.63) is 90.5 Å². The van der Waals surface area contributed by atoms with Crippen LogP contribution in [0.4, 0.5) is 11.4 Å². The largest absolute Gasteiger partial charge is 0.326 e. The number of amidine groups is 1. The number of thioether (sulfide) groups is 1. The first-order valence-electron chi connectivity index (χ1n) is 10.2. The number of aliphatic imine (C=N–C) groups is 1. The van der Waals surface area contributed by atoms with E-state index >= 15 is 0 Å². The topological polar surface area (TPSA) is 95.9 Å². The summed E-state index contributed by atoms with van der Waals surface area (Å²) in [5.41, 5.74) is 2.00. The highest BCUT2D eigenvalue weighted by Gasteiger charge is 2.46. The molecule has 1 heterocycles. The van der Waals surface area contributed by atoms with Crippen LogP contribution in [0.25, 0.3) is 0 Å². The molecular weight excluding hydrogens is 458 g/mol. The van der Waals surface area contributed by atoms with Crippen LogP contribution in [0.1, 0.15) is 12.0 Å². The minimum Gasteiger partial charge on any atom is -0.326 e. The van der Waals surface area contributed by atoms with E-state index in [2.05, 4.69) is 10.3 Å². The highest BCUT2D eigenvalue weighted by atomic mass is 32.2. The summed E-state index contributed by atoms with van der Waals surface area (Å²) in [4.78, 5) is 30.2. The number of nitrogens with one attached hydrogen (secondary N) is 1. The molecule has 0 aromatic heterocycles. The molecule has 0 bridgehead atoms. The average molecular weight is 480 g/mol. The van der Waals surface area contributed by atoms with E-state index in [1.54, 1.807) is 60.7 Å². The number of para-hydroxylation sites is 2. The molecule has 0 saturated carbocycles. The second kappa shape index (κ2) is 9.60. The Morgan fingerprint density at radius 3 is 2.21 bits per heavy atom. The second-order valence-corrected chi connectivity index (χ2v) is 10.3. The number of hydrogen-bond donors (Lipinski definition) is 1. The van der Waals surface area contributed by atoms with Crippen LogP contribution >= 0.6 is 11.8 Å². The molecular formula is C24H21N3O4S2. The Balaban J connectivity index is 1.65. The van der Waals surface area contributed by atoms with Crippen molar-refractivity contribution in [3.8, 4) is 0 Å².